The number of nitrogens with zero attached hydrogens (tertiary/aromatic N) is 7. The van der Waals surface area contributed by atoms with Crippen molar-refractivity contribution in [2.24, 2.45) is 5.92 Å². The number of pyridine rings is 1. The predicted octanol–water partition coefficient (Wildman–Crippen LogP) is 2.46. The maximum absolute atomic E-state index is 13.4. The Morgan fingerprint density at radius 2 is 1.91 bits per heavy atom. The van der Waals surface area contributed by atoms with Crippen molar-refractivity contribution in [3.05, 3.63) is 54.0 Å². The van der Waals surface area contributed by atoms with E-state index in [1.165, 1.54) is 17.2 Å². The Morgan fingerprint density at radius 1 is 1.12 bits per heavy atom. The highest BCUT2D eigenvalue weighted by Crippen LogP contribution is 2.40. The second kappa shape index (κ2) is 7.53. The van der Waals surface area contributed by atoms with Gasteiger partial charge in [0.25, 0.3) is 5.91 Å². The van der Waals surface area contributed by atoms with Crippen LogP contribution in [0.15, 0.2) is 36.9 Å². The van der Waals surface area contributed by atoms with Gasteiger partial charge in [0.15, 0.2) is 11.4 Å². The van der Waals surface area contributed by atoms with Crippen LogP contribution in [-0.4, -0.2) is 59.4 Å². The first-order chi connectivity index (χ1) is 15.3. The first kappa shape index (κ1) is 20.3. The van der Waals surface area contributed by atoms with E-state index in [0.717, 1.165) is 12.6 Å². The Bertz CT molecular complexity index is 1140. The lowest BCUT2D eigenvalue weighted by molar-refractivity contribution is -0.141. The van der Waals surface area contributed by atoms with Crippen LogP contribution in [0.4, 0.5) is 13.2 Å². The number of carbonyl (C=O) groups excluding carboxylic acids is 1. The number of hydrogen-bond acceptors (Lipinski definition) is 7. The minimum absolute atomic E-state index is 0.00180. The molecule has 2 fully saturated rings. The molecule has 0 N–H and O–H groups in total. The van der Waals surface area contributed by atoms with Gasteiger partial charge in [-0.1, -0.05) is 0 Å². The maximum Gasteiger partial charge on any atom is 0.434 e. The van der Waals surface area contributed by atoms with Gasteiger partial charge in [0.1, 0.15) is 11.8 Å². The van der Waals surface area contributed by atoms with Crippen molar-refractivity contribution in [2.45, 2.75) is 38.1 Å². The fourth-order valence-electron chi connectivity index (χ4n) is 4.35. The number of alkyl halides is 3. The molecule has 2 aliphatic rings. The fourth-order valence-corrected chi connectivity index (χ4v) is 4.35. The second-order valence-electron chi connectivity index (χ2n) is 7.90. The summed E-state index contributed by atoms with van der Waals surface area (Å²) in [6.45, 7) is 2.35. The molecule has 12 heteroatoms. The molecule has 9 nitrogen and oxygen atoms in total. The molecule has 3 aromatic heterocycles. The Hall–Kier alpha value is -3.57. The van der Waals surface area contributed by atoms with Crippen LogP contribution >= 0.6 is 0 Å². The van der Waals surface area contributed by atoms with Crippen molar-refractivity contribution >= 4 is 5.91 Å². The summed E-state index contributed by atoms with van der Waals surface area (Å²) < 4.78 is 44.0. The number of carbonyl (C=O) groups is 1. The summed E-state index contributed by atoms with van der Waals surface area (Å²) in [5.74, 6) is -0.0363. The Labute approximate surface area is 180 Å². The molecule has 2 bridgehead atoms. The third kappa shape index (κ3) is 3.65. The third-order valence-electron chi connectivity index (χ3n) is 5.73. The highest BCUT2D eigenvalue weighted by Gasteiger charge is 2.49. The van der Waals surface area contributed by atoms with E-state index in [-0.39, 0.29) is 35.5 Å². The van der Waals surface area contributed by atoms with Gasteiger partial charge in [0.2, 0.25) is 5.88 Å². The number of piperidine rings is 1. The average Bonchev–Trinajstić information content (AvgIpc) is 3.50. The molecule has 4 heterocycles. The zero-order chi connectivity index (χ0) is 22.5. The molecule has 1 saturated carbocycles. The Kier molecular flexibility index (Phi) is 4.79. The lowest BCUT2D eigenvalue weighted by Crippen LogP contribution is -2.47. The first-order valence-corrected chi connectivity index (χ1v) is 10.0. The molecule has 1 amide bonds. The SMILES string of the molecule is Cc1ccc(-n2nccn2)c(C(=O)N2C[C@H]3C[C@@H](Oc4cnc(C(F)(F)F)cn4)[C@@H]2C3)n1. The largest absolute Gasteiger partial charge is 0.471 e. The number of likely N-dealkylation sites (tertiary alicyclic amines) is 1. The van der Waals surface area contributed by atoms with Gasteiger partial charge in [-0.15, -0.1) is 4.80 Å². The lowest BCUT2D eigenvalue weighted by Gasteiger charge is -2.33. The maximum atomic E-state index is 13.4. The Balaban J connectivity index is 1.37. The quantitative estimate of drug-likeness (QED) is 0.608. The topological polar surface area (TPSA) is 98.9 Å². The van der Waals surface area contributed by atoms with E-state index in [0.29, 0.717) is 30.5 Å². The van der Waals surface area contributed by atoms with Crippen LogP contribution in [0.3, 0.4) is 0 Å². The number of ether oxygens (including phenoxy) is 1. The normalized spacial score (nSPS) is 22.4. The standard InChI is InChI=1S/C20H18F3N7O2/c1-11-2-3-13(30-26-4-5-27-30)18(28-11)19(31)29-10-12-6-14(29)15(7-12)32-17-9-24-16(8-25-17)20(21,22)23/h2-5,8-9,12,14-15H,6-7,10H2,1H3/t12-,14+,15-/m1/s1. The highest BCUT2D eigenvalue weighted by atomic mass is 19.4. The minimum Gasteiger partial charge on any atom is -0.471 e. The van der Waals surface area contributed by atoms with Gasteiger partial charge in [-0.3, -0.25) is 4.79 Å². The van der Waals surface area contributed by atoms with Gasteiger partial charge in [0, 0.05) is 12.2 Å². The molecule has 1 aliphatic carbocycles. The van der Waals surface area contributed by atoms with Gasteiger partial charge in [-0.25, -0.2) is 15.0 Å². The van der Waals surface area contributed by atoms with E-state index in [1.807, 2.05) is 0 Å². The number of hydrogen-bond donors (Lipinski definition) is 0. The predicted molar refractivity (Wildman–Crippen MR) is 103 cm³/mol. The van der Waals surface area contributed by atoms with E-state index in [9.17, 15) is 18.0 Å². The summed E-state index contributed by atoms with van der Waals surface area (Å²) in [4.78, 5) is 28.1. The number of fused-ring (bicyclic) bond motifs is 2. The van der Waals surface area contributed by atoms with E-state index in [2.05, 4.69) is 25.1 Å². The van der Waals surface area contributed by atoms with Gasteiger partial charge in [-0.2, -0.15) is 23.4 Å². The van der Waals surface area contributed by atoms with Crippen molar-refractivity contribution in [1.82, 2.24) is 34.8 Å². The van der Waals surface area contributed by atoms with Crippen LogP contribution in [0.25, 0.3) is 5.69 Å². The van der Waals surface area contributed by atoms with Crippen LogP contribution in [0, 0.1) is 12.8 Å². The molecule has 32 heavy (non-hydrogen) atoms. The smallest absolute Gasteiger partial charge is 0.434 e. The average molecular weight is 445 g/mol. The van der Waals surface area contributed by atoms with Crippen LogP contribution < -0.4 is 4.74 Å². The van der Waals surface area contributed by atoms with Gasteiger partial charge < -0.3 is 9.64 Å². The molecule has 1 aliphatic heterocycles. The van der Waals surface area contributed by atoms with Crippen molar-refractivity contribution in [2.75, 3.05) is 6.54 Å². The molecular formula is C20H18F3N7O2. The molecule has 0 radical (unpaired) electrons. The zero-order valence-corrected chi connectivity index (χ0v) is 16.9. The highest BCUT2D eigenvalue weighted by molar-refractivity contribution is 5.96. The van der Waals surface area contributed by atoms with Crippen molar-refractivity contribution in [1.29, 1.82) is 0 Å². The number of halogens is 3. The molecule has 0 aromatic carbocycles. The van der Waals surface area contributed by atoms with Crippen LogP contribution in [0.2, 0.25) is 0 Å². The summed E-state index contributed by atoms with van der Waals surface area (Å²) >= 11 is 0. The van der Waals surface area contributed by atoms with Crippen LogP contribution in [0.1, 0.15) is 34.7 Å². The molecule has 3 atom stereocenters. The summed E-state index contributed by atoms with van der Waals surface area (Å²) in [6, 6.07) is 3.29. The van der Waals surface area contributed by atoms with E-state index >= 15 is 0 Å². The summed E-state index contributed by atoms with van der Waals surface area (Å²) in [5.41, 5.74) is 0.308. The monoisotopic (exact) mass is 445 g/mol. The first-order valence-electron chi connectivity index (χ1n) is 10.0. The molecule has 0 spiro atoms. The molecule has 3 aromatic rings. The molecular weight excluding hydrogens is 427 g/mol. The summed E-state index contributed by atoms with van der Waals surface area (Å²) in [5, 5.41) is 8.21. The van der Waals surface area contributed by atoms with Crippen LogP contribution in [0.5, 0.6) is 5.88 Å². The number of rotatable bonds is 4. The van der Waals surface area contributed by atoms with E-state index < -0.39 is 11.9 Å². The minimum atomic E-state index is -4.57. The summed E-state index contributed by atoms with van der Waals surface area (Å²) in [6.07, 6.45) is 1.11. The fraction of sp³-hybridized carbons (Fsp3) is 0.400. The lowest BCUT2D eigenvalue weighted by atomic mass is 10.1. The van der Waals surface area contributed by atoms with Gasteiger partial charge >= 0.3 is 6.18 Å². The van der Waals surface area contributed by atoms with Gasteiger partial charge in [-0.05, 0) is 37.8 Å². The van der Waals surface area contributed by atoms with E-state index in [1.54, 1.807) is 24.0 Å². The number of amides is 1. The summed E-state index contributed by atoms with van der Waals surface area (Å²) in [7, 11) is 0. The molecule has 1 saturated heterocycles. The second-order valence-corrected chi connectivity index (χ2v) is 7.90. The molecule has 5 rings (SSSR count). The van der Waals surface area contributed by atoms with Crippen molar-refractivity contribution < 1.29 is 22.7 Å². The van der Waals surface area contributed by atoms with Crippen molar-refractivity contribution in [3.8, 4) is 11.6 Å². The number of aryl methyl sites for hydroxylation is 1. The Morgan fingerprint density at radius 3 is 2.56 bits per heavy atom. The number of aromatic nitrogens is 6. The van der Waals surface area contributed by atoms with Crippen molar-refractivity contribution in [3.63, 3.8) is 0 Å². The van der Waals surface area contributed by atoms with Crippen LogP contribution in [-0.2, 0) is 6.18 Å². The zero-order valence-electron chi connectivity index (χ0n) is 16.9. The molecule has 0 unspecified atom stereocenters. The van der Waals surface area contributed by atoms with E-state index in [4.69, 9.17) is 4.74 Å². The third-order valence-corrected chi connectivity index (χ3v) is 5.73. The van der Waals surface area contributed by atoms with Gasteiger partial charge in [0.05, 0.1) is 30.8 Å². The molecule has 166 valence electrons.